The van der Waals surface area contributed by atoms with E-state index in [1.165, 1.54) is 19.2 Å². The number of aromatic nitrogens is 1. The maximum absolute atomic E-state index is 11.2. The van der Waals surface area contributed by atoms with E-state index in [0.29, 0.717) is 6.29 Å². The van der Waals surface area contributed by atoms with Crippen LogP contribution in [0.4, 0.5) is 5.13 Å². The molecular formula is C9H12N4O3S. The minimum Gasteiger partial charge on any atom is -0.381 e. The molecule has 0 aliphatic heterocycles. The largest absolute Gasteiger partial charge is 0.381 e. The molecule has 17 heavy (non-hydrogen) atoms. The van der Waals surface area contributed by atoms with Crippen molar-refractivity contribution in [2.45, 2.75) is 19.4 Å². The Bertz CT molecular complexity index is 467. The number of oxime groups is 1. The van der Waals surface area contributed by atoms with Crippen LogP contribution < -0.4 is 11.5 Å². The number of aldehydes is 1. The molecule has 1 aromatic heterocycles. The Morgan fingerprint density at radius 2 is 2.29 bits per heavy atom. The van der Waals surface area contributed by atoms with Gasteiger partial charge < -0.3 is 16.3 Å². The lowest BCUT2D eigenvalue weighted by Gasteiger charge is -2.14. The molecule has 8 heteroatoms. The van der Waals surface area contributed by atoms with E-state index in [1.807, 2.05) is 0 Å². The summed E-state index contributed by atoms with van der Waals surface area (Å²) in [6.07, 6.45) is 0.560. The Hall–Kier alpha value is -1.96. The van der Waals surface area contributed by atoms with E-state index in [-0.39, 0.29) is 16.5 Å². The minimum atomic E-state index is -1.14. The van der Waals surface area contributed by atoms with Gasteiger partial charge in [-0.25, -0.2) is 4.98 Å². The summed E-state index contributed by atoms with van der Waals surface area (Å²) in [5, 5.41) is 5.35. The van der Waals surface area contributed by atoms with Crippen LogP contribution in [0.15, 0.2) is 10.5 Å². The van der Waals surface area contributed by atoms with Gasteiger partial charge in [-0.15, -0.1) is 11.3 Å². The number of hydrogen-bond acceptors (Lipinski definition) is 7. The highest BCUT2D eigenvalue weighted by atomic mass is 32.1. The Morgan fingerprint density at radius 3 is 2.71 bits per heavy atom. The third kappa shape index (κ3) is 3.52. The Morgan fingerprint density at radius 1 is 1.65 bits per heavy atom. The zero-order valence-electron chi connectivity index (χ0n) is 9.34. The van der Waals surface area contributed by atoms with Crippen molar-refractivity contribution in [3.8, 4) is 0 Å². The molecular weight excluding hydrogens is 244 g/mol. The molecule has 0 saturated carbocycles. The van der Waals surface area contributed by atoms with E-state index in [1.54, 1.807) is 0 Å². The number of thiazole rings is 1. The summed E-state index contributed by atoms with van der Waals surface area (Å²) in [6, 6.07) is 0. The SMILES string of the molecule is CC(C)(C=O)O/N=C(\C(N)=O)c1csc(N)n1. The molecule has 0 radical (unpaired) electrons. The highest BCUT2D eigenvalue weighted by Crippen LogP contribution is 2.13. The first-order valence-electron chi connectivity index (χ1n) is 4.59. The first-order chi connectivity index (χ1) is 7.85. The van der Waals surface area contributed by atoms with E-state index in [0.717, 1.165) is 11.3 Å². The van der Waals surface area contributed by atoms with Crippen LogP contribution in [0.2, 0.25) is 0 Å². The van der Waals surface area contributed by atoms with E-state index < -0.39 is 11.5 Å². The van der Waals surface area contributed by atoms with Crippen LogP contribution in [-0.4, -0.2) is 28.5 Å². The fraction of sp³-hybridized carbons (Fsp3) is 0.333. The van der Waals surface area contributed by atoms with Gasteiger partial charge in [0.05, 0.1) is 0 Å². The molecule has 0 saturated heterocycles. The zero-order chi connectivity index (χ0) is 13.1. The minimum absolute atomic E-state index is 0.173. The number of hydrogen-bond donors (Lipinski definition) is 2. The summed E-state index contributed by atoms with van der Waals surface area (Å²) in [5.41, 5.74) is 9.48. The van der Waals surface area contributed by atoms with Gasteiger partial charge in [-0.2, -0.15) is 0 Å². The highest BCUT2D eigenvalue weighted by Gasteiger charge is 2.21. The van der Waals surface area contributed by atoms with Crippen LogP contribution in [-0.2, 0) is 14.4 Å². The predicted octanol–water partition coefficient (Wildman–Crippen LogP) is -0.0912. The molecule has 0 aromatic carbocycles. The molecule has 1 aromatic rings. The second kappa shape index (κ2) is 4.91. The molecule has 4 N–H and O–H groups in total. The van der Waals surface area contributed by atoms with Crippen molar-refractivity contribution in [2.24, 2.45) is 10.9 Å². The Kier molecular flexibility index (Phi) is 3.79. The van der Waals surface area contributed by atoms with E-state index in [2.05, 4.69) is 10.1 Å². The lowest BCUT2D eigenvalue weighted by molar-refractivity contribution is -0.127. The van der Waals surface area contributed by atoms with Crippen LogP contribution in [0, 0.1) is 0 Å². The zero-order valence-corrected chi connectivity index (χ0v) is 10.2. The van der Waals surface area contributed by atoms with Crippen LogP contribution >= 0.6 is 11.3 Å². The van der Waals surface area contributed by atoms with Gasteiger partial charge in [0.15, 0.2) is 22.7 Å². The fourth-order valence-corrected chi connectivity index (χ4v) is 1.35. The molecule has 0 spiro atoms. The number of nitrogen functional groups attached to an aromatic ring is 1. The molecule has 0 atom stereocenters. The number of anilines is 1. The third-order valence-corrected chi connectivity index (χ3v) is 2.33. The van der Waals surface area contributed by atoms with Gasteiger partial charge in [-0.3, -0.25) is 9.59 Å². The number of nitrogens with two attached hydrogens (primary N) is 2. The summed E-state index contributed by atoms with van der Waals surface area (Å²) in [4.78, 5) is 30.5. The van der Waals surface area contributed by atoms with Crippen molar-refractivity contribution in [2.75, 3.05) is 5.73 Å². The fourth-order valence-electron chi connectivity index (χ4n) is 0.799. The highest BCUT2D eigenvalue weighted by molar-refractivity contribution is 7.13. The van der Waals surface area contributed by atoms with Crippen molar-refractivity contribution < 1.29 is 14.4 Å². The molecule has 7 nitrogen and oxygen atoms in total. The van der Waals surface area contributed by atoms with Crippen LogP contribution in [0.5, 0.6) is 0 Å². The average molecular weight is 256 g/mol. The van der Waals surface area contributed by atoms with Crippen molar-refractivity contribution in [3.63, 3.8) is 0 Å². The molecule has 1 amide bonds. The lowest BCUT2D eigenvalue weighted by atomic mass is 10.2. The van der Waals surface area contributed by atoms with Crippen molar-refractivity contribution in [1.29, 1.82) is 0 Å². The van der Waals surface area contributed by atoms with Crippen LogP contribution in [0.1, 0.15) is 19.5 Å². The topological polar surface area (TPSA) is 121 Å². The van der Waals surface area contributed by atoms with Crippen LogP contribution in [0.3, 0.4) is 0 Å². The molecule has 1 heterocycles. The summed E-state index contributed by atoms with van der Waals surface area (Å²) in [5.74, 6) is -0.808. The summed E-state index contributed by atoms with van der Waals surface area (Å²) in [6.45, 7) is 3.00. The Balaban J connectivity index is 2.98. The number of amides is 1. The second-order valence-corrected chi connectivity index (χ2v) is 4.58. The van der Waals surface area contributed by atoms with Gasteiger partial charge in [0, 0.05) is 5.38 Å². The van der Waals surface area contributed by atoms with Gasteiger partial charge in [0.1, 0.15) is 5.69 Å². The predicted molar refractivity (Wildman–Crippen MR) is 63.5 cm³/mol. The molecule has 0 aliphatic carbocycles. The first kappa shape index (κ1) is 13.1. The smallest absolute Gasteiger partial charge is 0.273 e. The average Bonchev–Trinajstić information content (AvgIpc) is 2.64. The number of primary amides is 1. The maximum atomic E-state index is 11.2. The van der Waals surface area contributed by atoms with E-state index in [9.17, 15) is 9.59 Å². The number of rotatable bonds is 5. The monoisotopic (exact) mass is 256 g/mol. The van der Waals surface area contributed by atoms with Gasteiger partial charge in [0.25, 0.3) is 5.91 Å². The number of carbonyl (C=O) groups is 2. The first-order valence-corrected chi connectivity index (χ1v) is 5.47. The van der Waals surface area contributed by atoms with Crippen molar-refractivity contribution in [3.05, 3.63) is 11.1 Å². The summed E-state index contributed by atoms with van der Waals surface area (Å²) >= 11 is 1.14. The normalized spacial score (nSPS) is 12.2. The quantitative estimate of drug-likeness (QED) is 0.433. The number of nitrogens with zero attached hydrogens (tertiary/aromatic N) is 2. The van der Waals surface area contributed by atoms with Gasteiger partial charge in [0.2, 0.25) is 0 Å². The Labute approximate surface area is 101 Å². The van der Waals surface area contributed by atoms with Gasteiger partial charge in [-0.1, -0.05) is 5.16 Å². The lowest BCUT2D eigenvalue weighted by Crippen LogP contribution is -2.29. The maximum Gasteiger partial charge on any atom is 0.273 e. The second-order valence-electron chi connectivity index (χ2n) is 3.69. The molecule has 0 fully saturated rings. The van der Waals surface area contributed by atoms with Crippen molar-refractivity contribution >= 4 is 34.4 Å². The summed E-state index contributed by atoms with van der Waals surface area (Å²) in [7, 11) is 0. The molecule has 0 unspecified atom stereocenters. The molecule has 0 bridgehead atoms. The van der Waals surface area contributed by atoms with E-state index >= 15 is 0 Å². The molecule has 0 aliphatic rings. The van der Waals surface area contributed by atoms with Gasteiger partial charge in [-0.05, 0) is 13.8 Å². The third-order valence-electron chi connectivity index (χ3n) is 1.65. The molecule has 1 rings (SSSR count). The van der Waals surface area contributed by atoms with Crippen molar-refractivity contribution in [1.82, 2.24) is 4.98 Å². The van der Waals surface area contributed by atoms with E-state index in [4.69, 9.17) is 16.3 Å². The summed E-state index contributed by atoms with van der Waals surface area (Å²) < 4.78 is 0. The number of carbonyl (C=O) groups excluding carboxylic acids is 2. The van der Waals surface area contributed by atoms with Crippen LogP contribution in [0.25, 0.3) is 0 Å². The van der Waals surface area contributed by atoms with Gasteiger partial charge >= 0.3 is 0 Å². The standard InChI is InChI=1S/C9H12N4O3S/c1-9(2,4-14)16-13-6(7(10)15)5-3-17-8(11)12-5/h3-4H,1-2H3,(H2,10,15)(H2,11,12)/b13-6-. The molecule has 92 valence electrons.